The first-order valence-electron chi connectivity index (χ1n) is 7.96. The fourth-order valence-corrected chi connectivity index (χ4v) is 2.61. The second kappa shape index (κ2) is 7.64. The van der Waals surface area contributed by atoms with Crippen LogP contribution in [0.15, 0.2) is 42.5 Å². The zero-order valence-electron chi connectivity index (χ0n) is 14.2. The highest BCUT2D eigenvalue weighted by atomic mass is 16.4. The lowest BCUT2D eigenvalue weighted by Gasteiger charge is -2.23. The van der Waals surface area contributed by atoms with E-state index in [0.717, 1.165) is 5.56 Å². The molecule has 0 saturated heterocycles. The minimum absolute atomic E-state index is 0.181. The average molecular weight is 326 g/mol. The van der Waals surface area contributed by atoms with Crippen molar-refractivity contribution in [1.29, 1.82) is 0 Å². The largest absolute Gasteiger partial charge is 0.478 e. The molecule has 0 atom stereocenters. The van der Waals surface area contributed by atoms with E-state index in [2.05, 4.69) is 5.32 Å². The van der Waals surface area contributed by atoms with Crippen LogP contribution in [0, 0.1) is 6.92 Å². The molecule has 2 aromatic carbocycles. The van der Waals surface area contributed by atoms with Gasteiger partial charge in [0.1, 0.15) is 0 Å². The Morgan fingerprint density at radius 3 is 2.38 bits per heavy atom. The van der Waals surface area contributed by atoms with Crippen molar-refractivity contribution in [2.24, 2.45) is 0 Å². The smallest absolute Gasteiger partial charge is 0.337 e. The molecule has 5 nitrogen and oxygen atoms in total. The van der Waals surface area contributed by atoms with Gasteiger partial charge in [0.25, 0.3) is 5.91 Å². The van der Waals surface area contributed by atoms with E-state index in [4.69, 9.17) is 0 Å². The summed E-state index contributed by atoms with van der Waals surface area (Å²) in [6.07, 6.45) is 0. The van der Waals surface area contributed by atoms with E-state index in [1.165, 1.54) is 6.07 Å². The molecule has 24 heavy (non-hydrogen) atoms. The van der Waals surface area contributed by atoms with Crippen molar-refractivity contribution in [2.45, 2.75) is 20.8 Å². The molecule has 2 N–H and O–H groups in total. The number of anilines is 2. The molecule has 2 aromatic rings. The van der Waals surface area contributed by atoms with Crippen LogP contribution in [0.3, 0.4) is 0 Å². The number of carboxylic acids is 1. The van der Waals surface area contributed by atoms with Crippen LogP contribution in [0.4, 0.5) is 11.4 Å². The van der Waals surface area contributed by atoms with Crippen molar-refractivity contribution in [2.75, 3.05) is 23.3 Å². The Morgan fingerprint density at radius 1 is 1.08 bits per heavy atom. The molecular formula is C19H22N2O3. The number of benzene rings is 2. The molecule has 1 amide bonds. The lowest BCUT2D eigenvalue weighted by atomic mass is 10.1. The van der Waals surface area contributed by atoms with Crippen LogP contribution in [-0.4, -0.2) is 30.1 Å². The third-order valence-electron chi connectivity index (χ3n) is 3.87. The lowest BCUT2D eigenvalue weighted by Crippen LogP contribution is -2.24. The van der Waals surface area contributed by atoms with Gasteiger partial charge in [0.15, 0.2) is 0 Å². The Hall–Kier alpha value is -2.82. The zero-order valence-corrected chi connectivity index (χ0v) is 14.2. The SMILES string of the molecule is CCN(CC)c1ccc(NC(=O)c2cccc(C)c2)cc1C(=O)O. The number of hydrogen-bond acceptors (Lipinski definition) is 3. The number of carbonyl (C=O) groups excluding carboxylic acids is 1. The van der Waals surface area contributed by atoms with Crippen molar-refractivity contribution in [3.8, 4) is 0 Å². The zero-order chi connectivity index (χ0) is 17.7. The van der Waals surface area contributed by atoms with Gasteiger partial charge in [-0.25, -0.2) is 4.79 Å². The van der Waals surface area contributed by atoms with Gasteiger partial charge in [-0.1, -0.05) is 17.7 Å². The normalized spacial score (nSPS) is 10.3. The van der Waals surface area contributed by atoms with E-state index < -0.39 is 5.97 Å². The van der Waals surface area contributed by atoms with Gasteiger partial charge >= 0.3 is 5.97 Å². The molecule has 5 heteroatoms. The van der Waals surface area contributed by atoms with E-state index in [0.29, 0.717) is 30.0 Å². The van der Waals surface area contributed by atoms with E-state index in [1.807, 2.05) is 37.8 Å². The number of nitrogens with zero attached hydrogens (tertiary/aromatic N) is 1. The molecule has 0 unspecified atom stereocenters. The molecule has 0 aromatic heterocycles. The topological polar surface area (TPSA) is 69.6 Å². The maximum atomic E-state index is 12.3. The molecule has 0 aliphatic carbocycles. The number of rotatable bonds is 6. The van der Waals surface area contributed by atoms with Gasteiger partial charge < -0.3 is 15.3 Å². The minimum Gasteiger partial charge on any atom is -0.478 e. The fourth-order valence-electron chi connectivity index (χ4n) is 2.61. The number of aromatic carboxylic acids is 1. The standard InChI is InChI=1S/C19H22N2O3/c1-4-21(5-2)17-10-9-15(12-16(17)19(23)24)20-18(22)14-8-6-7-13(3)11-14/h6-12H,4-5H2,1-3H3,(H,20,22)(H,23,24). The number of nitrogens with one attached hydrogen (secondary N) is 1. The van der Waals surface area contributed by atoms with Gasteiger partial charge in [-0.3, -0.25) is 4.79 Å². The molecule has 0 bridgehead atoms. The Balaban J connectivity index is 2.30. The lowest BCUT2D eigenvalue weighted by molar-refractivity contribution is 0.0697. The summed E-state index contributed by atoms with van der Waals surface area (Å²) < 4.78 is 0. The van der Waals surface area contributed by atoms with Crippen LogP contribution >= 0.6 is 0 Å². The first-order chi connectivity index (χ1) is 11.5. The first-order valence-corrected chi connectivity index (χ1v) is 7.96. The van der Waals surface area contributed by atoms with Crippen LogP contribution in [0.1, 0.15) is 40.1 Å². The summed E-state index contributed by atoms with van der Waals surface area (Å²) in [5.74, 6) is -1.27. The molecule has 126 valence electrons. The number of hydrogen-bond donors (Lipinski definition) is 2. The molecule has 0 heterocycles. The molecule has 0 spiro atoms. The summed E-state index contributed by atoms with van der Waals surface area (Å²) in [5.41, 5.74) is 2.84. The van der Waals surface area contributed by atoms with Crippen molar-refractivity contribution < 1.29 is 14.7 Å². The number of aryl methyl sites for hydroxylation is 1. The van der Waals surface area contributed by atoms with Crippen LogP contribution < -0.4 is 10.2 Å². The molecule has 0 fully saturated rings. The Kier molecular flexibility index (Phi) is 5.58. The maximum Gasteiger partial charge on any atom is 0.337 e. The highest BCUT2D eigenvalue weighted by Crippen LogP contribution is 2.25. The van der Waals surface area contributed by atoms with Gasteiger partial charge in [0, 0.05) is 24.3 Å². The van der Waals surface area contributed by atoms with Gasteiger partial charge in [0.2, 0.25) is 0 Å². The van der Waals surface area contributed by atoms with Crippen LogP contribution in [0.25, 0.3) is 0 Å². The van der Waals surface area contributed by atoms with Gasteiger partial charge in [-0.05, 0) is 51.1 Å². The number of amides is 1. The fraction of sp³-hybridized carbons (Fsp3) is 0.263. The van der Waals surface area contributed by atoms with E-state index in [1.54, 1.807) is 24.3 Å². The van der Waals surface area contributed by atoms with Crippen molar-refractivity contribution in [1.82, 2.24) is 0 Å². The number of carboxylic acid groups (broad SMARTS) is 1. The van der Waals surface area contributed by atoms with E-state index in [-0.39, 0.29) is 11.5 Å². The number of carbonyl (C=O) groups is 2. The van der Waals surface area contributed by atoms with E-state index in [9.17, 15) is 14.7 Å². The second-order valence-corrected chi connectivity index (χ2v) is 5.53. The summed E-state index contributed by atoms with van der Waals surface area (Å²) >= 11 is 0. The Labute approximate surface area is 141 Å². The van der Waals surface area contributed by atoms with Crippen LogP contribution in [-0.2, 0) is 0 Å². The highest BCUT2D eigenvalue weighted by Gasteiger charge is 2.16. The van der Waals surface area contributed by atoms with Crippen LogP contribution in [0.2, 0.25) is 0 Å². The van der Waals surface area contributed by atoms with Crippen molar-refractivity contribution >= 4 is 23.3 Å². The summed E-state index contributed by atoms with van der Waals surface area (Å²) in [6.45, 7) is 7.29. The van der Waals surface area contributed by atoms with Gasteiger partial charge in [-0.2, -0.15) is 0 Å². The van der Waals surface area contributed by atoms with Crippen LogP contribution in [0.5, 0.6) is 0 Å². The van der Waals surface area contributed by atoms with Gasteiger partial charge in [0.05, 0.1) is 11.3 Å². The minimum atomic E-state index is -1.01. The predicted octanol–water partition coefficient (Wildman–Crippen LogP) is 3.79. The maximum absolute atomic E-state index is 12.3. The quantitative estimate of drug-likeness (QED) is 0.847. The summed E-state index contributed by atoms with van der Waals surface area (Å²) in [6, 6.07) is 12.2. The summed E-state index contributed by atoms with van der Waals surface area (Å²) in [7, 11) is 0. The summed E-state index contributed by atoms with van der Waals surface area (Å²) in [4.78, 5) is 25.8. The average Bonchev–Trinajstić information content (AvgIpc) is 2.56. The first kappa shape index (κ1) is 17.5. The third-order valence-corrected chi connectivity index (χ3v) is 3.87. The molecular weight excluding hydrogens is 304 g/mol. The summed E-state index contributed by atoms with van der Waals surface area (Å²) in [5, 5.41) is 12.2. The van der Waals surface area contributed by atoms with Crippen molar-refractivity contribution in [3.63, 3.8) is 0 Å². The highest BCUT2D eigenvalue weighted by molar-refractivity contribution is 6.05. The molecule has 0 saturated carbocycles. The Morgan fingerprint density at radius 2 is 1.79 bits per heavy atom. The Bertz CT molecular complexity index is 752. The van der Waals surface area contributed by atoms with Crippen molar-refractivity contribution in [3.05, 3.63) is 59.2 Å². The molecule has 0 aliphatic rings. The molecule has 0 aliphatic heterocycles. The third kappa shape index (κ3) is 3.93. The predicted molar refractivity (Wildman–Crippen MR) is 96.1 cm³/mol. The molecule has 2 rings (SSSR count). The van der Waals surface area contributed by atoms with E-state index >= 15 is 0 Å². The second-order valence-electron chi connectivity index (χ2n) is 5.53. The monoisotopic (exact) mass is 326 g/mol. The van der Waals surface area contributed by atoms with Gasteiger partial charge in [-0.15, -0.1) is 0 Å². The molecule has 0 radical (unpaired) electrons.